The molecule has 2 rings (SSSR count). The number of furan rings is 1. The van der Waals surface area contributed by atoms with Gasteiger partial charge in [-0.3, -0.25) is 0 Å². The molecule has 2 aromatic rings. The van der Waals surface area contributed by atoms with Gasteiger partial charge in [-0.25, -0.2) is 15.8 Å². The fourth-order valence-corrected chi connectivity index (χ4v) is 1.81. The standard InChI is InChI=1S/C10H12BrN5O/c11-8-9(14-6-15-10(8)16-12)13-4-3-7-2-1-5-17-7/h1-2,5-6H,3-4,12H2,(H2,13,14,15,16). The monoisotopic (exact) mass is 297 g/mol. The van der Waals surface area contributed by atoms with Crippen molar-refractivity contribution in [3.8, 4) is 0 Å². The van der Waals surface area contributed by atoms with E-state index in [-0.39, 0.29) is 0 Å². The number of anilines is 2. The molecule has 2 aromatic heterocycles. The summed E-state index contributed by atoms with van der Waals surface area (Å²) in [5, 5.41) is 3.17. The largest absolute Gasteiger partial charge is 0.469 e. The van der Waals surface area contributed by atoms with Crippen molar-refractivity contribution in [1.82, 2.24) is 9.97 Å². The zero-order valence-corrected chi connectivity index (χ0v) is 10.6. The fourth-order valence-electron chi connectivity index (χ4n) is 1.35. The Labute approximate surface area is 107 Å². The van der Waals surface area contributed by atoms with Crippen molar-refractivity contribution >= 4 is 27.6 Å². The normalized spacial score (nSPS) is 10.2. The van der Waals surface area contributed by atoms with E-state index >= 15 is 0 Å². The number of rotatable bonds is 5. The van der Waals surface area contributed by atoms with Gasteiger partial charge in [0.05, 0.1) is 6.26 Å². The first-order valence-electron chi connectivity index (χ1n) is 5.04. The first-order chi connectivity index (χ1) is 8.31. The highest BCUT2D eigenvalue weighted by Gasteiger charge is 2.06. The van der Waals surface area contributed by atoms with Crippen LogP contribution in [0.15, 0.2) is 33.6 Å². The predicted octanol–water partition coefficient (Wildman–Crippen LogP) is 1.77. The van der Waals surface area contributed by atoms with E-state index in [9.17, 15) is 0 Å². The summed E-state index contributed by atoms with van der Waals surface area (Å²) in [5.41, 5.74) is 2.48. The maximum absolute atomic E-state index is 5.31. The van der Waals surface area contributed by atoms with Crippen LogP contribution in [0.5, 0.6) is 0 Å². The van der Waals surface area contributed by atoms with E-state index in [1.165, 1.54) is 6.33 Å². The van der Waals surface area contributed by atoms with Gasteiger partial charge in [0.15, 0.2) is 5.82 Å². The van der Waals surface area contributed by atoms with Crippen LogP contribution in [0.3, 0.4) is 0 Å². The Hall–Kier alpha value is -1.60. The second-order valence-corrected chi connectivity index (χ2v) is 4.08. The van der Waals surface area contributed by atoms with Gasteiger partial charge in [0.2, 0.25) is 0 Å². The summed E-state index contributed by atoms with van der Waals surface area (Å²) in [7, 11) is 0. The maximum Gasteiger partial charge on any atom is 0.159 e. The van der Waals surface area contributed by atoms with Crippen LogP contribution in [0.4, 0.5) is 11.6 Å². The van der Waals surface area contributed by atoms with Crippen LogP contribution in [0.2, 0.25) is 0 Å². The van der Waals surface area contributed by atoms with Crippen molar-refractivity contribution in [3.05, 3.63) is 35.0 Å². The predicted molar refractivity (Wildman–Crippen MR) is 68.4 cm³/mol. The van der Waals surface area contributed by atoms with Crippen LogP contribution in [-0.2, 0) is 6.42 Å². The van der Waals surface area contributed by atoms with Crippen LogP contribution in [0.1, 0.15) is 5.76 Å². The van der Waals surface area contributed by atoms with Crippen LogP contribution in [-0.4, -0.2) is 16.5 Å². The topological polar surface area (TPSA) is 89.0 Å². The SMILES string of the molecule is NNc1ncnc(NCCc2ccco2)c1Br. The van der Waals surface area contributed by atoms with Crippen LogP contribution < -0.4 is 16.6 Å². The summed E-state index contributed by atoms with van der Waals surface area (Å²) in [6, 6.07) is 3.80. The lowest BCUT2D eigenvalue weighted by atomic mass is 10.3. The average molecular weight is 298 g/mol. The number of halogens is 1. The number of nitrogens with two attached hydrogens (primary N) is 1. The van der Waals surface area contributed by atoms with E-state index in [0.717, 1.165) is 12.2 Å². The summed E-state index contributed by atoms with van der Waals surface area (Å²) >= 11 is 3.37. The average Bonchev–Trinajstić information content (AvgIpc) is 2.84. The van der Waals surface area contributed by atoms with Gasteiger partial charge in [0.25, 0.3) is 0 Å². The number of nitrogens with zero attached hydrogens (tertiary/aromatic N) is 2. The van der Waals surface area contributed by atoms with Crippen molar-refractivity contribution in [2.24, 2.45) is 5.84 Å². The van der Waals surface area contributed by atoms with Crippen molar-refractivity contribution in [2.75, 3.05) is 17.3 Å². The van der Waals surface area contributed by atoms with Crippen LogP contribution in [0, 0.1) is 0 Å². The molecule has 0 amide bonds. The molecule has 0 saturated heterocycles. The summed E-state index contributed by atoms with van der Waals surface area (Å²) < 4.78 is 5.94. The van der Waals surface area contributed by atoms with Gasteiger partial charge >= 0.3 is 0 Å². The van der Waals surface area contributed by atoms with Gasteiger partial charge in [-0.1, -0.05) is 0 Å². The van der Waals surface area contributed by atoms with Crippen molar-refractivity contribution in [2.45, 2.75) is 6.42 Å². The van der Waals surface area contributed by atoms with Gasteiger partial charge in [-0.15, -0.1) is 0 Å². The van der Waals surface area contributed by atoms with E-state index in [1.807, 2.05) is 12.1 Å². The van der Waals surface area contributed by atoms with Gasteiger partial charge in [0.1, 0.15) is 22.4 Å². The highest BCUT2D eigenvalue weighted by atomic mass is 79.9. The molecule has 7 heteroatoms. The molecular formula is C10H12BrN5O. The number of aromatic nitrogens is 2. The molecule has 0 atom stereocenters. The van der Waals surface area contributed by atoms with Crippen molar-refractivity contribution in [3.63, 3.8) is 0 Å². The van der Waals surface area contributed by atoms with E-state index in [4.69, 9.17) is 10.3 Å². The van der Waals surface area contributed by atoms with Gasteiger partial charge < -0.3 is 15.2 Å². The molecule has 4 N–H and O–H groups in total. The van der Waals surface area contributed by atoms with Gasteiger partial charge in [0, 0.05) is 13.0 Å². The first kappa shape index (κ1) is 11.9. The Morgan fingerprint density at radius 1 is 1.35 bits per heavy atom. The minimum atomic E-state index is 0.542. The Balaban J connectivity index is 1.95. The fraction of sp³-hybridized carbons (Fsp3) is 0.200. The molecule has 2 heterocycles. The number of nitrogen functional groups attached to an aromatic ring is 1. The lowest BCUT2D eigenvalue weighted by Gasteiger charge is -2.08. The summed E-state index contributed by atoms with van der Waals surface area (Å²) in [4.78, 5) is 8.07. The lowest BCUT2D eigenvalue weighted by molar-refractivity contribution is 0.513. The van der Waals surface area contributed by atoms with Crippen molar-refractivity contribution < 1.29 is 4.42 Å². The minimum absolute atomic E-state index is 0.542. The Morgan fingerprint density at radius 3 is 2.88 bits per heavy atom. The molecule has 90 valence electrons. The van der Waals surface area contributed by atoms with Crippen LogP contribution >= 0.6 is 15.9 Å². The zero-order chi connectivity index (χ0) is 12.1. The zero-order valence-electron chi connectivity index (χ0n) is 8.98. The molecule has 0 bridgehead atoms. The van der Waals surface area contributed by atoms with Gasteiger partial charge in [-0.05, 0) is 28.1 Å². The van der Waals surface area contributed by atoms with Gasteiger partial charge in [-0.2, -0.15) is 0 Å². The quantitative estimate of drug-likeness (QED) is 0.576. The molecule has 0 aliphatic carbocycles. The molecule has 0 aliphatic heterocycles. The summed E-state index contributed by atoms with van der Waals surface area (Å²) in [5.74, 6) is 7.48. The number of hydrazine groups is 1. The van der Waals surface area contributed by atoms with Crippen molar-refractivity contribution in [1.29, 1.82) is 0 Å². The molecular weight excluding hydrogens is 286 g/mol. The summed E-state index contributed by atoms with van der Waals surface area (Å²) in [6.07, 6.45) is 3.89. The minimum Gasteiger partial charge on any atom is -0.469 e. The second-order valence-electron chi connectivity index (χ2n) is 3.29. The van der Waals surface area contributed by atoms with Crippen LogP contribution in [0.25, 0.3) is 0 Å². The molecule has 0 fully saturated rings. The van der Waals surface area contributed by atoms with E-state index in [2.05, 4.69) is 36.6 Å². The highest BCUT2D eigenvalue weighted by molar-refractivity contribution is 9.10. The third-order valence-electron chi connectivity index (χ3n) is 2.17. The molecule has 0 radical (unpaired) electrons. The third-order valence-corrected chi connectivity index (χ3v) is 2.92. The third kappa shape index (κ3) is 2.95. The maximum atomic E-state index is 5.31. The van der Waals surface area contributed by atoms with E-state index in [0.29, 0.717) is 22.7 Å². The Bertz CT molecular complexity index is 474. The molecule has 0 aliphatic rings. The molecule has 6 nitrogen and oxygen atoms in total. The Morgan fingerprint density at radius 2 is 2.18 bits per heavy atom. The first-order valence-corrected chi connectivity index (χ1v) is 5.84. The molecule has 17 heavy (non-hydrogen) atoms. The highest BCUT2D eigenvalue weighted by Crippen LogP contribution is 2.25. The van der Waals surface area contributed by atoms with E-state index < -0.39 is 0 Å². The van der Waals surface area contributed by atoms with E-state index in [1.54, 1.807) is 6.26 Å². The molecule has 0 saturated carbocycles. The smallest absolute Gasteiger partial charge is 0.159 e. The number of hydrogen-bond donors (Lipinski definition) is 3. The molecule has 0 unspecified atom stereocenters. The molecule has 0 spiro atoms. The summed E-state index contributed by atoms with van der Waals surface area (Å²) in [6.45, 7) is 0.715. The number of hydrogen-bond acceptors (Lipinski definition) is 6. The Kier molecular flexibility index (Phi) is 3.94. The lowest BCUT2D eigenvalue weighted by Crippen LogP contribution is -2.12. The molecule has 0 aromatic carbocycles. The second kappa shape index (κ2) is 5.65. The number of nitrogens with one attached hydrogen (secondary N) is 2.